The third kappa shape index (κ3) is 4.39. The number of nitrogens with two attached hydrogens (primary N) is 1. The summed E-state index contributed by atoms with van der Waals surface area (Å²) < 4.78 is 14.5. The van der Waals surface area contributed by atoms with Gasteiger partial charge in [-0.3, -0.25) is 9.69 Å². The highest BCUT2D eigenvalue weighted by Crippen LogP contribution is 2.27. The van der Waals surface area contributed by atoms with Gasteiger partial charge in [0.1, 0.15) is 11.9 Å². The minimum Gasteiger partial charge on any atom is -0.480 e. The van der Waals surface area contributed by atoms with Crippen LogP contribution in [-0.4, -0.2) is 48.2 Å². The fourth-order valence-corrected chi connectivity index (χ4v) is 3.37. The molecule has 138 valence electrons. The Morgan fingerprint density at radius 1 is 1.08 bits per heavy atom. The molecule has 0 bridgehead atoms. The van der Waals surface area contributed by atoms with Crippen LogP contribution in [0.3, 0.4) is 0 Å². The number of aliphatic carboxylic acids is 1. The Hall–Kier alpha value is -2.44. The van der Waals surface area contributed by atoms with Crippen molar-refractivity contribution in [2.24, 2.45) is 5.73 Å². The van der Waals surface area contributed by atoms with Gasteiger partial charge in [-0.25, -0.2) is 4.39 Å². The van der Waals surface area contributed by atoms with E-state index >= 15 is 0 Å². The third-order valence-electron chi connectivity index (χ3n) is 4.76. The molecule has 0 amide bonds. The lowest BCUT2D eigenvalue weighted by Crippen LogP contribution is -2.46. The summed E-state index contributed by atoms with van der Waals surface area (Å²) in [6.07, 6.45) is 0.118. The fraction of sp³-hybridized carbons (Fsp3) is 0.350. The fourth-order valence-electron chi connectivity index (χ4n) is 3.37. The van der Waals surface area contributed by atoms with Crippen LogP contribution in [0.15, 0.2) is 48.5 Å². The topological polar surface area (TPSA) is 69.8 Å². The summed E-state index contributed by atoms with van der Waals surface area (Å²) in [5.74, 6) is -1.40. The molecule has 2 aromatic carbocycles. The Bertz CT molecular complexity index is 746. The number of carboxylic acid groups (broad SMARTS) is 1. The van der Waals surface area contributed by atoms with Crippen LogP contribution < -0.4 is 10.6 Å². The van der Waals surface area contributed by atoms with Gasteiger partial charge in [-0.15, -0.1) is 0 Å². The van der Waals surface area contributed by atoms with Crippen LogP contribution in [0.1, 0.15) is 11.1 Å². The summed E-state index contributed by atoms with van der Waals surface area (Å²) in [6, 6.07) is 14.0. The zero-order valence-corrected chi connectivity index (χ0v) is 14.6. The van der Waals surface area contributed by atoms with E-state index in [4.69, 9.17) is 10.8 Å². The van der Waals surface area contributed by atoms with Crippen LogP contribution in [0.5, 0.6) is 0 Å². The number of anilines is 1. The van der Waals surface area contributed by atoms with Gasteiger partial charge in [0.2, 0.25) is 0 Å². The molecule has 3 rings (SSSR count). The van der Waals surface area contributed by atoms with Crippen LogP contribution in [-0.2, 0) is 17.8 Å². The van der Waals surface area contributed by atoms with Crippen LogP contribution >= 0.6 is 0 Å². The Balaban J connectivity index is 1.68. The molecule has 0 aromatic heterocycles. The molecule has 6 heteroatoms. The summed E-state index contributed by atoms with van der Waals surface area (Å²) in [5.41, 5.74) is 8.06. The third-order valence-corrected chi connectivity index (χ3v) is 4.76. The molecule has 3 N–H and O–H groups in total. The lowest BCUT2D eigenvalue weighted by molar-refractivity contribution is -0.138. The predicted octanol–water partition coefficient (Wildman–Crippen LogP) is 2.10. The molecule has 1 fully saturated rings. The second-order valence-corrected chi connectivity index (χ2v) is 6.65. The molecule has 1 atom stereocenters. The Labute approximate surface area is 152 Å². The van der Waals surface area contributed by atoms with E-state index in [9.17, 15) is 9.18 Å². The normalized spacial score (nSPS) is 16.5. The average Bonchev–Trinajstić information content (AvgIpc) is 2.64. The van der Waals surface area contributed by atoms with E-state index in [1.165, 1.54) is 11.6 Å². The number of rotatable bonds is 6. The van der Waals surface area contributed by atoms with Gasteiger partial charge in [-0.1, -0.05) is 42.5 Å². The van der Waals surface area contributed by atoms with Crippen LogP contribution in [0.25, 0.3) is 0 Å². The van der Waals surface area contributed by atoms with Crippen molar-refractivity contribution in [2.45, 2.75) is 19.0 Å². The Kier molecular flexibility index (Phi) is 5.85. The number of piperazine rings is 1. The summed E-state index contributed by atoms with van der Waals surface area (Å²) in [6.45, 7) is 3.93. The zero-order valence-electron chi connectivity index (χ0n) is 14.6. The molecular weight excluding hydrogens is 333 g/mol. The molecule has 0 spiro atoms. The highest BCUT2D eigenvalue weighted by Gasteiger charge is 2.24. The molecule has 1 aliphatic heterocycles. The SMILES string of the molecule is NC(Cc1cccc(F)c1N1CCN(Cc2ccccc2)CC1)C(=O)O. The standard InChI is InChI=1S/C20H24FN3O2/c21-17-8-4-7-16(13-18(22)20(25)26)19(17)24-11-9-23(10-12-24)14-15-5-2-1-3-6-15/h1-8,18H,9-14,22H2,(H,25,26). The van der Waals surface area contributed by atoms with Crippen molar-refractivity contribution in [3.8, 4) is 0 Å². The number of halogens is 1. The average molecular weight is 357 g/mol. The maximum atomic E-state index is 14.5. The van der Waals surface area contributed by atoms with E-state index in [1.807, 2.05) is 23.1 Å². The van der Waals surface area contributed by atoms with E-state index in [1.54, 1.807) is 12.1 Å². The maximum absolute atomic E-state index is 14.5. The first-order chi connectivity index (χ1) is 12.5. The van der Waals surface area contributed by atoms with Crippen molar-refractivity contribution in [1.82, 2.24) is 4.90 Å². The first kappa shape index (κ1) is 18.4. The molecule has 1 aliphatic rings. The molecule has 1 unspecified atom stereocenters. The number of para-hydroxylation sites is 1. The maximum Gasteiger partial charge on any atom is 0.320 e. The van der Waals surface area contributed by atoms with Gasteiger partial charge in [0.05, 0.1) is 5.69 Å². The van der Waals surface area contributed by atoms with Crippen LogP contribution in [0, 0.1) is 5.82 Å². The van der Waals surface area contributed by atoms with Gasteiger partial charge in [-0.2, -0.15) is 0 Å². The second-order valence-electron chi connectivity index (χ2n) is 6.65. The molecule has 0 radical (unpaired) electrons. The van der Waals surface area contributed by atoms with E-state index in [0.29, 0.717) is 24.3 Å². The summed E-state index contributed by atoms with van der Waals surface area (Å²) in [5, 5.41) is 9.05. The first-order valence-electron chi connectivity index (χ1n) is 8.81. The minimum absolute atomic E-state index is 0.118. The van der Waals surface area contributed by atoms with Gasteiger partial charge in [0, 0.05) is 39.1 Å². The molecule has 1 heterocycles. The lowest BCUT2D eigenvalue weighted by Gasteiger charge is -2.37. The van der Waals surface area contributed by atoms with Crippen molar-refractivity contribution in [3.05, 3.63) is 65.5 Å². The van der Waals surface area contributed by atoms with Crippen LogP contribution in [0.2, 0.25) is 0 Å². The van der Waals surface area contributed by atoms with Crippen molar-refractivity contribution in [1.29, 1.82) is 0 Å². The number of hydrogen-bond acceptors (Lipinski definition) is 4. The number of hydrogen-bond donors (Lipinski definition) is 2. The Morgan fingerprint density at radius 2 is 1.77 bits per heavy atom. The number of benzene rings is 2. The molecule has 5 nitrogen and oxygen atoms in total. The van der Waals surface area contributed by atoms with Gasteiger partial charge in [0.15, 0.2) is 0 Å². The molecule has 1 saturated heterocycles. The van der Waals surface area contributed by atoms with Crippen molar-refractivity contribution in [3.63, 3.8) is 0 Å². The summed E-state index contributed by atoms with van der Waals surface area (Å²) >= 11 is 0. The van der Waals surface area contributed by atoms with Gasteiger partial charge in [-0.05, 0) is 17.2 Å². The molecule has 2 aromatic rings. The molecule has 0 aliphatic carbocycles. The van der Waals surface area contributed by atoms with E-state index in [-0.39, 0.29) is 12.2 Å². The van der Waals surface area contributed by atoms with Crippen LogP contribution in [0.4, 0.5) is 10.1 Å². The Morgan fingerprint density at radius 3 is 2.42 bits per heavy atom. The minimum atomic E-state index is -1.08. The predicted molar refractivity (Wildman–Crippen MR) is 99.6 cm³/mol. The summed E-state index contributed by atoms with van der Waals surface area (Å²) in [4.78, 5) is 15.4. The quantitative estimate of drug-likeness (QED) is 0.829. The van der Waals surface area contributed by atoms with E-state index < -0.39 is 12.0 Å². The van der Waals surface area contributed by atoms with Crippen molar-refractivity contribution < 1.29 is 14.3 Å². The number of carbonyl (C=O) groups is 1. The zero-order chi connectivity index (χ0) is 18.5. The highest BCUT2D eigenvalue weighted by molar-refractivity contribution is 5.74. The van der Waals surface area contributed by atoms with Crippen molar-refractivity contribution >= 4 is 11.7 Å². The highest BCUT2D eigenvalue weighted by atomic mass is 19.1. The molecule has 0 saturated carbocycles. The largest absolute Gasteiger partial charge is 0.480 e. The van der Waals surface area contributed by atoms with Crippen molar-refractivity contribution in [2.75, 3.05) is 31.1 Å². The first-order valence-corrected chi connectivity index (χ1v) is 8.81. The van der Waals surface area contributed by atoms with Gasteiger partial charge < -0.3 is 15.7 Å². The number of nitrogens with zero attached hydrogens (tertiary/aromatic N) is 2. The second kappa shape index (κ2) is 8.29. The molecular formula is C20H24FN3O2. The summed E-state index contributed by atoms with van der Waals surface area (Å²) in [7, 11) is 0. The van der Waals surface area contributed by atoms with E-state index in [0.717, 1.165) is 19.6 Å². The number of carboxylic acids is 1. The van der Waals surface area contributed by atoms with Gasteiger partial charge in [0.25, 0.3) is 0 Å². The lowest BCUT2D eigenvalue weighted by atomic mass is 10.0. The van der Waals surface area contributed by atoms with Gasteiger partial charge >= 0.3 is 5.97 Å². The monoisotopic (exact) mass is 357 g/mol. The van der Waals surface area contributed by atoms with E-state index in [2.05, 4.69) is 17.0 Å². The smallest absolute Gasteiger partial charge is 0.320 e. The molecule has 26 heavy (non-hydrogen) atoms.